The molecule has 0 saturated carbocycles. The monoisotopic (exact) mass is 553 g/mol. The van der Waals surface area contributed by atoms with E-state index in [9.17, 15) is 27.2 Å². The van der Waals surface area contributed by atoms with Crippen molar-refractivity contribution in [3.63, 3.8) is 0 Å². The fraction of sp³-hybridized carbons (Fsp3) is 0.320. The van der Waals surface area contributed by atoms with Gasteiger partial charge >= 0.3 is 12.3 Å². The van der Waals surface area contributed by atoms with Gasteiger partial charge in [0.15, 0.2) is 5.69 Å². The summed E-state index contributed by atoms with van der Waals surface area (Å²) in [6, 6.07) is 11.2. The van der Waals surface area contributed by atoms with Crippen molar-refractivity contribution in [2.24, 2.45) is 7.05 Å². The first-order chi connectivity index (χ1) is 17.9. The van der Waals surface area contributed by atoms with Crippen LogP contribution in [-0.4, -0.2) is 41.0 Å². The quantitative estimate of drug-likeness (QED) is 0.397. The number of aromatic nitrogens is 2. The van der Waals surface area contributed by atoms with E-state index >= 15 is 0 Å². The van der Waals surface area contributed by atoms with E-state index in [0.717, 1.165) is 10.2 Å². The predicted molar refractivity (Wildman–Crippen MR) is 132 cm³/mol. The normalized spacial score (nSPS) is 15.6. The lowest BCUT2D eigenvalue weighted by Crippen LogP contribution is -2.33. The van der Waals surface area contributed by atoms with Gasteiger partial charge in [0.2, 0.25) is 5.91 Å². The molecule has 3 aromatic rings. The molecular formula is C25H24ClF4N5O3. The molecule has 0 spiro atoms. The van der Waals surface area contributed by atoms with Crippen LogP contribution in [0.25, 0.3) is 11.1 Å². The summed E-state index contributed by atoms with van der Waals surface area (Å²) < 4.78 is 60.8. The lowest BCUT2D eigenvalue weighted by Gasteiger charge is -2.15. The zero-order valence-corrected chi connectivity index (χ0v) is 21.2. The molecule has 1 aliphatic heterocycles. The van der Waals surface area contributed by atoms with Crippen LogP contribution in [-0.2, 0) is 35.8 Å². The third kappa shape index (κ3) is 6.08. The third-order valence-corrected chi connectivity index (χ3v) is 6.42. The maximum Gasteiger partial charge on any atom is 0.435 e. The number of ether oxygens (including phenoxy) is 1. The van der Waals surface area contributed by atoms with Gasteiger partial charge in [-0.3, -0.25) is 14.4 Å². The molecule has 1 aliphatic rings. The molecule has 2 N–H and O–H groups in total. The third-order valence-electron chi connectivity index (χ3n) is 5.95. The minimum absolute atomic E-state index is 0.0930. The standard InChI is InChI=1S/C25H24ClF4N5O3/c1-14(36)32-11-18-13-35(24(37)38-18)17-7-8-19(21(27)9-17)16-5-3-15(4-6-16)10-31-12-20-22(25(28,29)30)33-34(2)23(20)26/h3-9,18,31H,10-13H2,1-2H3,(H,32,36)/t18-/m0/s1. The fourth-order valence-electron chi connectivity index (χ4n) is 4.07. The van der Waals surface area contributed by atoms with Crippen LogP contribution in [0.5, 0.6) is 0 Å². The second kappa shape index (κ2) is 11.0. The number of hydrogen-bond acceptors (Lipinski definition) is 5. The van der Waals surface area contributed by atoms with Crippen LogP contribution >= 0.6 is 11.6 Å². The van der Waals surface area contributed by atoms with Crippen molar-refractivity contribution in [2.75, 3.05) is 18.0 Å². The summed E-state index contributed by atoms with van der Waals surface area (Å²) in [5, 5.41) is 8.88. The average molecular weight is 554 g/mol. The molecule has 1 aromatic heterocycles. The maximum atomic E-state index is 15.0. The molecule has 2 aromatic carbocycles. The van der Waals surface area contributed by atoms with E-state index in [1.165, 1.54) is 24.9 Å². The zero-order valence-electron chi connectivity index (χ0n) is 20.4. The highest BCUT2D eigenvalue weighted by Gasteiger charge is 2.38. The first-order valence-electron chi connectivity index (χ1n) is 11.5. The van der Waals surface area contributed by atoms with Gasteiger partial charge in [0.25, 0.3) is 0 Å². The van der Waals surface area contributed by atoms with Crippen LogP contribution in [0.2, 0.25) is 5.15 Å². The number of anilines is 1. The van der Waals surface area contributed by atoms with Gasteiger partial charge in [-0.15, -0.1) is 0 Å². The van der Waals surface area contributed by atoms with Gasteiger partial charge in [-0.2, -0.15) is 18.3 Å². The Bertz CT molecular complexity index is 1340. The second-order valence-corrected chi connectivity index (χ2v) is 9.12. The Morgan fingerprint density at radius 2 is 1.89 bits per heavy atom. The number of amides is 2. The summed E-state index contributed by atoms with van der Waals surface area (Å²) in [5.41, 5.74) is 0.826. The molecule has 0 aliphatic carbocycles. The van der Waals surface area contributed by atoms with Crippen LogP contribution in [0.1, 0.15) is 23.7 Å². The number of nitrogens with zero attached hydrogens (tertiary/aromatic N) is 3. The summed E-state index contributed by atoms with van der Waals surface area (Å²) >= 11 is 5.98. The van der Waals surface area contributed by atoms with Crippen molar-refractivity contribution in [3.05, 3.63) is 70.3 Å². The topological polar surface area (TPSA) is 88.5 Å². The Balaban J connectivity index is 1.39. The molecule has 0 radical (unpaired) electrons. The van der Waals surface area contributed by atoms with E-state index < -0.39 is 29.9 Å². The molecule has 1 saturated heterocycles. The predicted octanol–water partition coefficient (Wildman–Crippen LogP) is 4.65. The van der Waals surface area contributed by atoms with Crippen molar-refractivity contribution < 1.29 is 31.9 Å². The Morgan fingerprint density at radius 3 is 2.53 bits per heavy atom. The van der Waals surface area contributed by atoms with E-state index in [2.05, 4.69) is 15.7 Å². The number of carbonyl (C=O) groups is 2. The van der Waals surface area contributed by atoms with E-state index in [1.807, 2.05) is 0 Å². The summed E-state index contributed by atoms with van der Waals surface area (Å²) in [7, 11) is 1.34. The Labute approximate surface area is 220 Å². The Hall–Kier alpha value is -3.64. The van der Waals surface area contributed by atoms with Gasteiger partial charge in [-0.1, -0.05) is 35.9 Å². The number of benzene rings is 2. The first kappa shape index (κ1) is 27.4. The van der Waals surface area contributed by atoms with Crippen molar-refractivity contribution in [1.29, 1.82) is 0 Å². The smallest absolute Gasteiger partial charge is 0.435 e. The highest BCUT2D eigenvalue weighted by molar-refractivity contribution is 6.30. The molecule has 2 amide bonds. The van der Waals surface area contributed by atoms with E-state index in [0.29, 0.717) is 16.8 Å². The van der Waals surface area contributed by atoms with Gasteiger partial charge in [0.05, 0.1) is 18.8 Å². The molecular weight excluding hydrogens is 530 g/mol. The van der Waals surface area contributed by atoms with Crippen LogP contribution in [0.4, 0.5) is 28.0 Å². The van der Waals surface area contributed by atoms with E-state index in [4.69, 9.17) is 16.3 Å². The molecule has 13 heteroatoms. The van der Waals surface area contributed by atoms with Crippen molar-refractivity contribution in [2.45, 2.75) is 32.3 Å². The Morgan fingerprint density at radius 1 is 1.18 bits per heavy atom. The molecule has 202 valence electrons. The van der Waals surface area contributed by atoms with Gasteiger partial charge in [-0.05, 0) is 29.3 Å². The summed E-state index contributed by atoms with van der Waals surface area (Å²) in [4.78, 5) is 24.6. The van der Waals surface area contributed by atoms with Crippen LogP contribution in [0, 0.1) is 5.82 Å². The average Bonchev–Trinajstić information content (AvgIpc) is 3.37. The molecule has 2 heterocycles. The van der Waals surface area contributed by atoms with Crippen molar-refractivity contribution in [3.8, 4) is 11.1 Å². The zero-order chi connectivity index (χ0) is 27.6. The number of aryl methyl sites for hydroxylation is 1. The molecule has 1 fully saturated rings. The lowest BCUT2D eigenvalue weighted by atomic mass is 10.0. The largest absolute Gasteiger partial charge is 0.442 e. The minimum atomic E-state index is -4.62. The molecule has 0 bridgehead atoms. The molecule has 8 nitrogen and oxygen atoms in total. The Kier molecular flexibility index (Phi) is 7.93. The first-order valence-corrected chi connectivity index (χ1v) is 11.9. The number of hydrogen-bond donors (Lipinski definition) is 2. The SMILES string of the molecule is CC(=O)NC[C@H]1CN(c2ccc(-c3ccc(CNCc4c(C(F)(F)F)nn(C)c4Cl)cc3)c(F)c2)C(=O)O1. The molecule has 38 heavy (non-hydrogen) atoms. The van der Waals surface area contributed by atoms with Gasteiger partial charge in [0.1, 0.15) is 17.1 Å². The second-order valence-electron chi connectivity index (χ2n) is 8.76. The number of halogens is 5. The number of carbonyl (C=O) groups excluding carboxylic acids is 2. The minimum Gasteiger partial charge on any atom is -0.442 e. The summed E-state index contributed by atoms with van der Waals surface area (Å²) in [6.45, 7) is 1.81. The van der Waals surface area contributed by atoms with Crippen molar-refractivity contribution in [1.82, 2.24) is 20.4 Å². The van der Waals surface area contributed by atoms with Crippen LogP contribution in [0.3, 0.4) is 0 Å². The molecule has 1 atom stereocenters. The summed E-state index contributed by atoms with van der Waals surface area (Å²) in [5.74, 6) is -0.789. The number of nitrogens with one attached hydrogen (secondary N) is 2. The van der Waals surface area contributed by atoms with Gasteiger partial charge < -0.3 is 15.4 Å². The number of cyclic esters (lactones) is 1. The number of rotatable bonds is 8. The van der Waals surface area contributed by atoms with Crippen LogP contribution < -0.4 is 15.5 Å². The van der Waals surface area contributed by atoms with Crippen molar-refractivity contribution >= 4 is 29.3 Å². The van der Waals surface area contributed by atoms with Gasteiger partial charge in [0, 0.05) is 38.2 Å². The molecule has 0 unspecified atom stereocenters. The van der Waals surface area contributed by atoms with E-state index in [1.54, 1.807) is 36.4 Å². The fourth-order valence-corrected chi connectivity index (χ4v) is 4.26. The van der Waals surface area contributed by atoms with Crippen LogP contribution in [0.15, 0.2) is 42.5 Å². The lowest BCUT2D eigenvalue weighted by molar-refractivity contribution is -0.142. The summed E-state index contributed by atoms with van der Waals surface area (Å²) in [6.07, 6.45) is -5.78. The molecule has 4 rings (SSSR count). The maximum absolute atomic E-state index is 15.0. The van der Waals surface area contributed by atoms with Gasteiger partial charge in [-0.25, -0.2) is 9.18 Å². The van der Waals surface area contributed by atoms with E-state index in [-0.39, 0.29) is 42.8 Å². The number of alkyl halides is 3. The highest BCUT2D eigenvalue weighted by atomic mass is 35.5. The highest BCUT2D eigenvalue weighted by Crippen LogP contribution is 2.34.